The van der Waals surface area contributed by atoms with Crippen LogP contribution in [0.3, 0.4) is 0 Å². The summed E-state index contributed by atoms with van der Waals surface area (Å²) in [7, 11) is 0. The summed E-state index contributed by atoms with van der Waals surface area (Å²) in [6.07, 6.45) is 2.70. The number of halogens is 1. The predicted molar refractivity (Wildman–Crippen MR) is 66.3 cm³/mol. The van der Waals surface area contributed by atoms with Crippen molar-refractivity contribution in [3.05, 3.63) is 33.8 Å². The SMILES string of the molecule is CCOC(=O)C1CCc2cc(Br)ccc2C1. The molecule has 16 heavy (non-hydrogen) atoms. The molecule has 0 aromatic heterocycles. The Morgan fingerprint density at radius 1 is 1.50 bits per heavy atom. The van der Waals surface area contributed by atoms with Gasteiger partial charge in [0.1, 0.15) is 0 Å². The number of hydrogen-bond donors (Lipinski definition) is 0. The van der Waals surface area contributed by atoms with E-state index in [0.717, 1.165) is 23.7 Å². The Kier molecular flexibility index (Phi) is 3.64. The number of benzene rings is 1. The van der Waals surface area contributed by atoms with Gasteiger partial charge >= 0.3 is 5.97 Å². The van der Waals surface area contributed by atoms with Crippen LogP contribution in [0.2, 0.25) is 0 Å². The lowest BCUT2D eigenvalue weighted by molar-refractivity contribution is -0.148. The monoisotopic (exact) mass is 282 g/mol. The van der Waals surface area contributed by atoms with E-state index in [9.17, 15) is 4.79 Å². The third-order valence-electron chi connectivity index (χ3n) is 3.02. The number of fused-ring (bicyclic) bond motifs is 1. The molecule has 1 atom stereocenters. The van der Waals surface area contributed by atoms with Crippen molar-refractivity contribution in [1.29, 1.82) is 0 Å². The van der Waals surface area contributed by atoms with Crippen LogP contribution in [-0.4, -0.2) is 12.6 Å². The van der Waals surface area contributed by atoms with Gasteiger partial charge in [-0.3, -0.25) is 4.79 Å². The van der Waals surface area contributed by atoms with Crippen LogP contribution in [0.15, 0.2) is 22.7 Å². The van der Waals surface area contributed by atoms with E-state index in [1.54, 1.807) is 0 Å². The highest BCUT2D eigenvalue weighted by molar-refractivity contribution is 9.10. The summed E-state index contributed by atoms with van der Waals surface area (Å²) in [5.74, 6) is 0.00435. The first kappa shape index (κ1) is 11.6. The van der Waals surface area contributed by atoms with Gasteiger partial charge in [0, 0.05) is 4.47 Å². The van der Waals surface area contributed by atoms with Crippen molar-refractivity contribution in [2.24, 2.45) is 5.92 Å². The van der Waals surface area contributed by atoms with Crippen LogP contribution in [0.5, 0.6) is 0 Å². The zero-order chi connectivity index (χ0) is 11.5. The topological polar surface area (TPSA) is 26.3 Å². The highest BCUT2D eigenvalue weighted by atomic mass is 79.9. The fraction of sp³-hybridized carbons (Fsp3) is 0.462. The molecule has 0 amide bonds. The molecule has 0 spiro atoms. The molecule has 0 bridgehead atoms. The lowest BCUT2D eigenvalue weighted by Crippen LogP contribution is -2.24. The minimum Gasteiger partial charge on any atom is -0.466 e. The van der Waals surface area contributed by atoms with Crippen molar-refractivity contribution in [2.45, 2.75) is 26.2 Å². The number of esters is 1. The number of hydrogen-bond acceptors (Lipinski definition) is 2. The van der Waals surface area contributed by atoms with E-state index in [0.29, 0.717) is 6.61 Å². The highest BCUT2D eigenvalue weighted by Crippen LogP contribution is 2.28. The van der Waals surface area contributed by atoms with Crippen LogP contribution in [0, 0.1) is 5.92 Å². The van der Waals surface area contributed by atoms with Crippen LogP contribution < -0.4 is 0 Å². The minimum atomic E-state index is -0.0453. The number of carbonyl (C=O) groups excluding carboxylic acids is 1. The minimum absolute atomic E-state index is 0.0453. The van der Waals surface area contributed by atoms with Gasteiger partial charge in [0.2, 0.25) is 0 Å². The molecule has 1 unspecified atom stereocenters. The van der Waals surface area contributed by atoms with Gasteiger partial charge in [0.25, 0.3) is 0 Å². The van der Waals surface area contributed by atoms with Gasteiger partial charge < -0.3 is 4.74 Å². The molecule has 0 radical (unpaired) electrons. The van der Waals surface area contributed by atoms with E-state index in [4.69, 9.17) is 4.74 Å². The molecule has 1 aliphatic rings. The van der Waals surface area contributed by atoms with Crippen molar-refractivity contribution in [3.8, 4) is 0 Å². The molecule has 0 N–H and O–H groups in total. The molecule has 1 aromatic rings. The second kappa shape index (κ2) is 5.00. The summed E-state index contributed by atoms with van der Waals surface area (Å²) in [4.78, 5) is 11.6. The Morgan fingerprint density at radius 3 is 3.06 bits per heavy atom. The highest BCUT2D eigenvalue weighted by Gasteiger charge is 2.25. The van der Waals surface area contributed by atoms with Crippen LogP contribution in [0.25, 0.3) is 0 Å². The van der Waals surface area contributed by atoms with Crippen molar-refractivity contribution in [3.63, 3.8) is 0 Å². The predicted octanol–water partition coefficient (Wildman–Crippen LogP) is 3.12. The van der Waals surface area contributed by atoms with Gasteiger partial charge in [0.15, 0.2) is 0 Å². The number of aryl methyl sites for hydroxylation is 1. The van der Waals surface area contributed by atoms with Crippen molar-refractivity contribution in [1.82, 2.24) is 0 Å². The van der Waals surface area contributed by atoms with Crippen LogP contribution in [0.4, 0.5) is 0 Å². The molecule has 2 rings (SSSR count). The standard InChI is InChI=1S/C13H15BrO2/c1-2-16-13(15)11-4-3-10-8-12(14)6-5-9(10)7-11/h5-6,8,11H,2-4,7H2,1H3. The second-order valence-corrected chi connectivity index (χ2v) is 5.02. The summed E-state index contributed by atoms with van der Waals surface area (Å²) in [5, 5.41) is 0. The third-order valence-corrected chi connectivity index (χ3v) is 3.51. The van der Waals surface area contributed by atoms with Crippen LogP contribution in [-0.2, 0) is 22.4 Å². The molecule has 2 nitrogen and oxygen atoms in total. The first-order valence-corrected chi connectivity index (χ1v) is 6.44. The Bertz CT molecular complexity index is 401. The summed E-state index contributed by atoms with van der Waals surface area (Å²) in [5.41, 5.74) is 2.64. The number of carbonyl (C=O) groups is 1. The molecule has 1 aliphatic carbocycles. The summed E-state index contributed by atoms with van der Waals surface area (Å²) in [6.45, 7) is 2.33. The van der Waals surface area contributed by atoms with E-state index in [2.05, 4.69) is 28.1 Å². The Balaban J connectivity index is 2.12. The molecular formula is C13H15BrO2. The molecule has 0 saturated heterocycles. The fourth-order valence-corrected chi connectivity index (χ4v) is 2.59. The van der Waals surface area contributed by atoms with E-state index < -0.39 is 0 Å². The first-order valence-electron chi connectivity index (χ1n) is 5.64. The molecule has 3 heteroatoms. The Labute approximate surface area is 104 Å². The number of ether oxygens (including phenoxy) is 1. The largest absolute Gasteiger partial charge is 0.466 e. The second-order valence-electron chi connectivity index (χ2n) is 4.10. The maximum atomic E-state index is 11.6. The van der Waals surface area contributed by atoms with Gasteiger partial charge in [-0.05, 0) is 49.4 Å². The van der Waals surface area contributed by atoms with Gasteiger partial charge in [-0.25, -0.2) is 0 Å². The average Bonchev–Trinajstić information content (AvgIpc) is 2.28. The molecule has 1 aromatic carbocycles. The van der Waals surface area contributed by atoms with Crippen molar-refractivity contribution >= 4 is 21.9 Å². The zero-order valence-corrected chi connectivity index (χ0v) is 10.9. The summed E-state index contributed by atoms with van der Waals surface area (Å²) >= 11 is 3.47. The first-order chi connectivity index (χ1) is 7.70. The zero-order valence-electron chi connectivity index (χ0n) is 9.33. The third kappa shape index (κ3) is 2.46. The average molecular weight is 283 g/mol. The number of rotatable bonds is 2. The van der Waals surface area contributed by atoms with E-state index in [-0.39, 0.29) is 11.9 Å². The van der Waals surface area contributed by atoms with Crippen LogP contribution in [0.1, 0.15) is 24.5 Å². The summed E-state index contributed by atoms with van der Waals surface area (Å²) in [6, 6.07) is 6.29. The lowest BCUT2D eigenvalue weighted by Gasteiger charge is -2.23. The molecule has 0 aliphatic heterocycles. The molecule has 0 heterocycles. The molecular weight excluding hydrogens is 268 g/mol. The maximum absolute atomic E-state index is 11.6. The normalized spacial score (nSPS) is 19.0. The van der Waals surface area contributed by atoms with Gasteiger partial charge in [0.05, 0.1) is 12.5 Å². The molecule has 0 fully saturated rings. The van der Waals surface area contributed by atoms with Gasteiger partial charge in [-0.2, -0.15) is 0 Å². The van der Waals surface area contributed by atoms with Crippen molar-refractivity contribution < 1.29 is 9.53 Å². The summed E-state index contributed by atoms with van der Waals surface area (Å²) < 4.78 is 6.18. The van der Waals surface area contributed by atoms with Gasteiger partial charge in [-0.1, -0.05) is 22.0 Å². The maximum Gasteiger partial charge on any atom is 0.309 e. The molecule has 86 valence electrons. The quantitative estimate of drug-likeness (QED) is 0.779. The van der Waals surface area contributed by atoms with Gasteiger partial charge in [-0.15, -0.1) is 0 Å². The van der Waals surface area contributed by atoms with E-state index in [1.807, 2.05) is 13.0 Å². The fourth-order valence-electron chi connectivity index (χ4n) is 2.18. The lowest BCUT2D eigenvalue weighted by atomic mass is 9.84. The van der Waals surface area contributed by atoms with Crippen LogP contribution >= 0.6 is 15.9 Å². The molecule has 0 saturated carbocycles. The van der Waals surface area contributed by atoms with E-state index >= 15 is 0 Å². The Morgan fingerprint density at radius 2 is 2.31 bits per heavy atom. The Hall–Kier alpha value is -0.830. The van der Waals surface area contributed by atoms with Crippen molar-refractivity contribution in [2.75, 3.05) is 6.61 Å². The van der Waals surface area contributed by atoms with E-state index in [1.165, 1.54) is 11.1 Å². The smallest absolute Gasteiger partial charge is 0.309 e.